The van der Waals surface area contributed by atoms with Gasteiger partial charge in [-0.1, -0.05) is 17.3 Å². The minimum Gasteiger partial charge on any atom is -0.449 e. The van der Waals surface area contributed by atoms with Gasteiger partial charge in [0.25, 0.3) is 5.91 Å². The maximum atomic E-state index is 13.7. The number of benzene rings is 2. The molecule has 0 aliphatic carbocycles. The molecule has 0 spiro atoms. The van der Waals surface area contributed by atoms with Crippen LogP contribution in [0.4, 0.5) is 14.5 Å². The van der Waals surface area contributed by atoms with E-state index < -0.39 is 29.6 Å². The van der Waals surface area contributed by atoms with Crippen molar-refractivity contribution in [2.24, 2.45) is 0 Å². The molecule has 0 saturated carbocycles. The van der Waals surface area contributed by atoms with E-state index in [-0.39, 0.29) is 11.3 Å². The highest BCUT2D eigenvalue weighted by molar-refractivity contribution is 7.98. The van der Waals surface area contributed by atoms with Crippen LogP contribution in [0, 0.1) is 18.6 Å². The fraction of sp³-hybridized carbons (Fsp3) is 0.200. The van der Waals surface area contributed by atoms with Gasteiger partial charge in [0.2, 0.25) is 5.89 Å². The normalized spacial score (nSPS) is 11.7. The van der Waals surface area contributed by atoms with E-state index in [2.05, 4.69) is 15.5 Å². The zero-order valence-electron chi connectivity index (χ0n) is 16.0. The molecule has 3 rings (SSSR count). The molecule has 0 saturated heterocycles. The minimum absolute atomic E-state index is 0.246. The average molecular weight is 433 g/mol. The van der Waals surface area contributed by atoms with E-state index in [0.29, 0.717) is 22.4 Å². The molecular formula is C20H17F2N3O4S. The SMILES string of the molecule is Cc1noc(CSc2ccccc2C(=O)OC(C)C(=O)Nc2cc(F)ccc2F)n1. The van der Waals surface area contributed by atoms with Crippen LogP contribution in [0.15, 0.2) is 51.9 Å². The number of amides is 1. The summed E-state index contributed by atoms with van der Waals surface area (Å²) in [7, 11) is 0. The second-order valence-electron chi connectivity index (χ2n) is 6.18. The highest BCUT2D eigenvalue weighted by atomic mass is 32.2. The number of nitrogens with one attached hydrogen (secondary N) is 1. The summed E-state index contributed by atoms with van der Waals surface area (Å²) < 4.78 is 37.2. The molecule has 0 fully saturated rings. The van der Waals surface area contributed by atoms with Crippen molar-refractivity contribution in [3.8, 4) is 0 Å². The number of thioether (sulfide) groups is 1. The maximum absolute atomic E-state index is 13.7. The fourth-order valence-electron chi connectivity index (χ4n) is 2.40. The topological polar surface area (TPSA) is 94.3 Å². The number of carbonyl (C=O) groups excluding carboxylic acids is 2. The lowest BCUT2D eigenvalue weighted by Gasteiger charge is -2.15. The summed E-state index contributed by atoms with van der Waals surface area (Å²) in [6.07, 6.45) is -1.24. The van der Waals surface area contributed by atoms with Crippen molar-refractivity contribution in [3.05, 3.63) is 71.4 Å². The summed E-state index contributed by atoms with van der Waals surface area (Å²) in [6, 6.07) is 9.34. The van der Waals surface area contributed by atoms with Gasteiger partial charge in [-0.15, -0.1) is 11.8 Å². The Morgan fingerprint density at radius 1 is 1.23 bits per heavy atom. The van der Waals surface area contributed by atoms with Crippen LogP contribution in [-0.2, 0) is 15.3 Å². The second kappa shape index (κ2) is 9.49. The highest BCUT2D eigenvalue weighted by Crippen LogP contribution is 2.27. The predicted octanol–water partition coefficient (Wildman–Crippen LogP) is 4.13. The molecular weight excluding hydrogens is 416 g/mol. The molecule has 0 bridgehead atoms. The van der Waals surface area contributed by atoms with Gasteiger partial charge in [-0.05, 0) is 38.1 Å². The predicted molar refractivity (Wildman–Crippen MR) is 105 cm³/mol. The molecule has 1 aromatic heterocycles. The molecule has 2 aromatic carbocycles. The van der Waals surface area contributed by atoms with Gasteiger partial charge in [-0.25, -0.2) is 13.6 Å². The number of nitrogens with zero attached hydrogens (tertiary/aromatic N) is 2. The van der Waals surface area contributed by atoms with Crippen molar-refractivity contribution in [2.45, 2.75) is 30.6 Å². The smallest absolute Gasteiger partial charge is 0.340 e. The molecule has 0 aliphatic rings. The molecule has 1 unspecified atom stereocenters. The van der Waals surface area contributed by atoms with E-state index in [4.69, 9.17) is 9.26 Å². The molecule has 156 valence electrons. The van der Waals surface area contributed by atoms with Gasteiger partial charge in [0.15, 0.2) is 11.9 Å². The molecule has 1 amide bonds. The van der Waals surface area contributed by atoms with Gasteiger partial charge in [-0.2, -0.15) is 4.98 Å². The van der Waals surface area contributed by atoms with Crippen LogP contribution in [0.2, 0.25) is 0 Å². The van der Waals surface area contributed by atoms with Crippen LogP contribution < -0.4 is 5.32 Å². The van der Waals surface area contributed by atoms with Gasteiger partial charge >= 0.3 is 5.97 Å². The minimum atomic E-state index is -1.24. The lowest BCUT2D eigenvalue weighted by Crippen LogP contribution is -2.30. The number of hydrogen-bond acceptors (Lipinski definition) is 7. The number of esters is 1. The molecule has 3 aromatic rings. The van der Waals surface area contributed by atoms with E-state index in [1.165, 1.54) is 18.7 Å². The lowest BCUT2D eigenvalue weighted by molar-refractivity contribution is -0.123. The Labute approximate surface area is 174 Å². The van der Waals surface area contributed by atoms with Crippen LogP contribution >= 0.6 is 11.8 Å². The summed E-state index contributed by atoms with van der Waals surface area (Å²) >= 11 is 1.29. The van der Waals surface area contributed by atoms with Gasteiger partial charge < -0.3 is 14.6 Å². The highest BCUT2D eigenvalue weighted by Gasteiger charge is 2.22. The standard InChI is InChI=1S/C20H17F2N3O4S/c1-11(19(26)24-16-9-13(21)7-8-15(16)22)28-20(27)14-5-3-4-6-17(14)30-10-18-23-12(2)25-29-18/h3-9,11H,10H2,1-2H3,(H,24,26). The molecule has 0 aliphatic heterocycles. The number of halogens is 2. The third-order valence-electron chi connectivity index (χ3n) is 3.87. The first kappa shape index (κ1) is 21.4. The number of anilines is 1. The molecule has 1 N–H and O–H groups in total. The number of rotatable bonds is 7. The summed E-state index contributed by atoms with van der Waals surface area (Å²) in [5, 5.41) is 5.91. The summed E-state index contributed by atoms with van der Waals surface area (Å²) in [5.74, 6) is -1.78. The Balaban J connectivity index is 1.64. The van der Waals surface area contributed by atoms with Crippen LogP contribution in [0.3, 0.4) is 0 Å². The first-order chi connectivity index (χ1) is 14.3. The third kappa shape index (κ3) is 5.41. The van der Waals surface area contributed by atoms with Gasteiger partial charge in [0.05, 0.1) is 17.0 Å². The first-order valence-corrected chi connectivity index (χ1v) is 9.80. The lowest BCUT2D eigenvalue weighted by atomic mass is 10.2. The molecule has 7 nitrogen and oxygen atoms in total. The van der Waals surface area contributed by atoms with Gasteiger partial charge in [0, 0.05) is 11.0 Å². The molecule has 0 radical (unpaired) electrons. The van der Waals surface area contributed by atoms with Crippen molar-refractivity contribution in [2.75, 3.05) is 5.32 Å². The van der Waals surface area contributed by atoms with Crippen LogP contribution in [0.1, 0.15) is 29.0 Å². The molecule has 1 atom stereocenters. The van der Waals surface area contributed by atoms with Crippen LogP contribution in [0.5, 0.6) is 0 Å². The van der Waals surface area contributed by atoms with E-state index in [1.54, 1.807) is 31.2 Å². The third-order valence-corrected chi connectivity index (χ3v) is 4.93. The number of ether oxygens (including phenoxy) is 1. The van der Waals surface area contributed by atoms with E-state index in [1.807, 2.05) is 0 Å². The zero-order chi connectivity index (χ0) is 21.7. The summed E-state index contributed by atoms with van der Waals surface area (Å²) in [4.78, 5) is 29.5. The molecule has 1 heterocycles. The van der Waals surface area contributed by atoms with Gasteiger partial charge in [0.1, 0.15) is 11.6 Å². The van der Waals surface area contributed by atoms with E-state index in [0.717, 1.165) is 18.2 Å². The zero-order valence-corrected chi connectivity index (χ0v) is 16.8. The number of aromatic nitrogens is 2. The summed E-state index contributed by atoms with van der Waals surface area (Å²) in [6.45, 7) is 3.03. The Morgan fingerprint density at radius 3 is 2.73 bits per heavy atom. The van der Waals surface area contributed by atoms with Crippen molar-refractivity contribution >= 4 is 29.3 Å². The van der Waals surface area contributed by atoms with Crippen LogP contribution in [-0.4, -0.2) is 28.1 Å². The maximum Gasteiger partial charge on any atom is 0.340 e. The van der Waals surface area contributed by atoms with Crippen LogP contribution in [0.25, 0.3) is 0 Å². The number of carbonyl (C=O) groups is 2. The van der Waals surface area contributed by atoms with E-state index >= 15 is 0 Å². The quantitative estimate of drug-likeness (QED) is 0.442. The Bertz CT molecular complexity index is 1070. The Morgan fingerprint density at radius 2 is 2.00 bits per heavy atom. The number of aryl methyl sites for hydroxylation is 1. The second-order valence-corrected chi connectivity index (χ2v) is 7.20. The van der Waals surface area contributed by atoms with Gasteiger partial charge in [-0.3, -0.25) is 4.79 Å². The molecule has 10 heteroatoms. The first-order valence-electron chi connectivity index (χ1n) is 8.81. The van der Waals surface area contributed by atoms with Crippen molar-refractivity contribution < 1.29 is 27.6 Å². The van der Waals surface area contributed by atoms with E-state index in [9.17, 15) is 18.4 Å². The fourth-order valence-corrected chi connectivity index (χ4v) is 3.28. The molecule has 30 heavy (non-hydrogen) atoms. The largest absolute Gasteiger partial charge is 0.449 e. The summed E-state index contributed by atoms with van der Waals surface area (Å²) in [5.41, 5.74) is -0.0935. The average Bonchev–Trinajstić information content (AvgIpc) is 3.14. The van der Waals surface area contributed by atoms with Crippen molar-refractivity contribution in [1.82, 2.24) is 10.1 Å². The Kier molecular flexibility index (Phi) is 6.78. The number of hydrogen-bond donors (Lipinski definition) is 1. The van der Waals surface area contributed by atoms with Crippen molar-refractivity contribution in [3.63, 3.8) is 0 Å². The monoisotopic (exact) mass is 433 g/mol. The van der Waals surface area contributed by atoms with Crippen molar-refractivity contribution in [1.29, 1.82) is 0 Å². The Hall–Kier alpha value is -3.27.